The van der Waals surface area contributed by atoms with Crippen LogP contribution in [0.1, 0.15) is 51.5 Å². The number of guanidine groups is 2. The first kappa shape index (κ1) is 31.5. The van der Waals surface area contributed by atoms with Crippen LogP contribution in [0, 0.1) is 11.3 Å². The van der Waals surface area contributed by atoms with Gasteiger partial charge >= 0.3 is 11.9 Å². The summed E-state index contributed by atoms with van der Waals surface area (Å²) in [7, 11) is 3.38. The number of aliphatic carboxylic acids is 1. The molecular formula is C27H43N7O5. The second-order valence-corrected chi connectivity index (χ2v) is 10.1. The van der Waals surface area contributed by atoms with Gasteiger partial charge in [0.05, 0.1) is 12.6 Å². The monoisotopic (exact) mass is 545 g/mol. The first-order chi connectivity index (χ1) is 18.5. The van der Waals surface area contributed by atoms with E-state index < -0.39 is 24.1 Å². The molecule has 1 aliphatic carbocycles. The molecule has 5 atom stereocenters. The molecule has 3 rings (SSSR count). The van der Waals surface area contributed by atoms with Gasteiger partial charge in [0, 0.05) is 20.1 Å². The molecule has 1 aromatic carbocycles. The van der Waals surface area contributed by atoms with Crippen LogP contribution >= 0.6 is 0 Å². The number of likely N-dealkylation sites (tertiary alicyclic amines) is 1. The highest BCUT2D eigenvalue weighted by atomic mass is 16.5. The van der Waals surface area contributed by atoms with E-state index in [-0.39, 0.29) is 42.4 Å². The number of benzene rings is 1. The molecule has 1 saturated heterocycles. The Morgan fingerprint density at radius 2 is 1.90 bits per heavy atom. The minimum absolute atomic E-state index is 0.00629. The van der Waals surface area contributed by atoms with Crippen LogP contribution in [0.5, 0.6) is 0 Å². The topological polar surface area (TPSA) is 187 Å². The van der Waals surface area contributed by atoms with Crippen LogP contribution < -0.4 is 16.8 Å². The van der Waals surface area contributed by atoms with Gasteiger partial charge in [-0.25, -0.2) is 4.79 Å². The van der Waals surface area contributed by atoms with Crippen molar-refractivity contribution in [2.24, 2.45) is 22.4 Å². The van der Waals surface area contributed by atoms with Crippen molar-refractivity contribution in [3.05, 3.63) is 35.9 Å². The molecule has 1 aliphatic heterocycles. The molecule has 12 nitrogen and oxygen atoms in total. The Morgan fingerprint density at radius 3 is 2.44 bits per heavy atom. The molecule has 0 bridgehead atoms. The molecular weight excluding hydrogens is 502 g/mol. The van der Waals surface area contributed by atoms with Gasteiger partial charge in [-0.1, -0.05) is 36.8 Å². The number of esters is 1. The van der Waals surface area contributed by atoms with Crippen LogP contribution in [0.3, 0.4) is 0 Å². The number of carboxylic acid groups (broad SMARTS) is 1. The molecule has 0 spiro atoms. The van der Waals surface area contributed by atoms with Gasteiger partial charge in [0.1, 0.15) is 12.1 Å². The molecule has 1 saturated carbocycles. The number of hydrogen-bond donors (Lipinski definition) is 5. The van der Waals surface area contributed by atoms with Gasteiger partial charge in [0.2, 0.25) is 11.9 Å². The average Bonchev–Trinajstić information content (AvgIpc) is 3.48. The third kappa shape index (κ3) is 9.24. The maximum absolute atomic E-state index is 13.2. The van der Waals surface area contributed by atoms with Gasteiger partial charge in [0.15, 0.2) is 5.96 Å². The van der Waals surface area contributed by atoms with Crippen LogP contribution in [-0.4, -0.2) is 89.5 Å². The van der Waals surface area contributed by atoms with Crippen molar-refractivity contribution in [1.29, 1.82) is 5.41 Å². The summed E-state index contributed by atoms with van der Waals surface area (Å²) < 4.78 is 5.21. The Hall–Kier alpha value is -3.67. The maximum atomic E-state index is 13.2. The second-order valence-electron chi connectivity index (χ2n) is 10.1. The van der Waals surface area contributed by atoms with Crippen molar-refractivity contribution >= 4 is 29.8 Å². The smallest absolute Gasteiger partial charge is 0.326 e. The number of nitrogens with zero attached hydrogens (tertiary/aromatic N) is 3. The molecule has 0 radical (unpaired) electrons. The summed E-state index contributed by atoms with van der Waals surface area (Å²) in [5.74, 6) is -1.35. The van der Waals surface area contributed by atoms with E-state index in [1.807, 2.05) is 30.3 Å². The molecule has 2 fully saturated rings. The summed E-state index contributed by atoms with van der Waals surface area (Å²) in [6.45, 7) is 3.72. The number of hydrogen-bond acceptors (Lipinski definition) is 6. The summed E-state index contributed by atoms with van der Waals surface area (Å²) in [6.07, 6.45) is 4.54. The molecule has 2 aliphatic rings. The number of fused-ring (bicyclic) bond motifs is 1. The third-order valence-corrected chi connectivity index (χ3v) is 6.99. The van der Waals surface area contributed by atoms with Crippen molar-refractivity contribution in [2.75, 3.05) is 20.7 Å². The van der Waals surface area contributed by atoms with E-state index in [0.717, 1.165) is 24.8 Å². The van der Waals surface area contributed by atoms with Gasteiger partial charge < -0.3 is 31.1 Å². The van der Waals surface area contributed by atoms with Crippen LogP contribution in [0.2, 0.25) is 0 Å². The predicted molar refractivity (Wildman–Crippen MR) is 149 cm³/mol. The minimum atomic E-state index is -0.948. The Bertz CT molecular complexity index is 1010. The van der Waals surface area contributed by atoms with Gasteiger partial charge in [-0.3, -0.25) is 20.3 Å². The van der Waals surface area contributed by atoms with Crippen LogP contribution in [0.4, 0.5) is 0 Å². The fourth-order valence-electron chi connectivity index (χ4n) is 5.11. The normalized spacial score (nSPS) is 21.0. The summed E-state index contributed by atoms with van der Waals surface area (Å²) in [5, 5.41) is 19.8. The summed E-state index contributed by atoms with van der Waals surface area (Å²) in [4.78, 5) is 44.0. The highest BCUT2D eigenvalue weighted by Gasteiger charge is 2.49. The van der Waals surface area contributed by atoms with E-state index in [4.69, 9.17) is 21.6 Å². The van der Waals surface area contributed by atoms with Gasteiger partial charge in [-0.2, -0.15) is 4.99 Å². The molecule has 1 heterocycles. The quantitative estimate of drug-likeness (QED) is 0.172. The second kappa shape index (κ2) is 15.1. The van der Waals surface area contributed by atoms with E-state index in [1.54, 1.807) is 32.8 Å². The fraction of sp³-hybridized carbons (Fsp3) is 0.593. The number of ether oxygens (including phenoxy) is 1. The number of rotatable bonds is 9. The lowest BCUT2D eigenvalue weighted by atomic mass is 10.0. The number of carbonyl (C=O) groups excluding carboxylic acids is 2. The lowest BCUT2D eigenvalue weighted by Gasteiger charge is -2.31. The van der Waals surface area contributed by atoms with Gasteiger partial charge in [-0.15, -0.1) is 0 Å². The molecule has 7 N–H and O–H groups in total. The van der Waals surface area contributed by atoms with E-state index in [1.165, 1.54) is 4.90 Å². The SMILES string of the molecule is CCOC(=O)[C@H](CCc1ccccc1)N[C@@H](C)C(=O)N1[C@H](C(=O)O)C[C@@H]2CCC[C@@H]21.CN(C)C(=N)N=C(N)N. The van der Waals surface area contributed by atoms with Crippen molar-refractivity contribution in [3.63, 3.8) is 0 Å². The number of carbonyl (C=O) groups is 3. The zero-order valence-electron chi connectivity index (χ0n) is 23.3. The van der Waals surface area contributed by atoms with Crippen molar-refractivity contribution in [3.8, 4) is 0 Å². The molecule has 1 aromatic rings. The molecule has 0 aromatic heterocycles. The summed E-state index contributed by atoms with van der Waals surface area (Å²) in [5.41, 5.74) is 11.1. The fourth-order valence-corrected chi connectivity index (χ4v) is 5.11. The average molecular weight is 546 g/mol. The molecule has 0 unspecified atom stereocenters. The van der Waals surface area contributed by atoms with Crippen molar-refractivity contribution < 1.29 is 24.2 Å². The van der Waals surface area contributed by atoms with E-state index >= 15 is 0 Å². The first-order valence-electron chi connectivity index (χ1n) is 13.3. The summed E-state index contributed by atoms with van der Waals surface area (Å²) in [6, 6.07) is 7.76. The highest BCUT2D eigenvalue weighted by molar-refractivity contribution is 5.91. The van der Waals surface area contributed by atoms with E-state index in [2.05, 4.69) is 10.3 Å². The number of amides is 1. The Kier molecular flexibility index (Phi) is 12.2. The lowest BCUT2D eigenvalue weighted by molar-refractivity contribution is -0.151. The first-order valence-corrected chi connectivity index (χ1v) is 13.3. The number of aliphatic imine (C=N–C) groups is 1. The van der Waals surface area contributed by atoms with Gasteiger partial charge in [-0.05, 0) is 57.4 Å². The van der Waals surface area contributed by atoms with Crippen LogP contribution in [0.25, 0.3) is 0 Å². The van der Waals surface area contributed by atoms with E-state index in [9.17, 15) is 19.5 Å². The standard InChI is InChI=1S/C23H32N2O5.C4H11N5/c1-3-30-23(29)18(13-12-16-8-5-4-6-9-16)24-15(2)21(26)25-19-11-7-10-17(19)14-20(25)22(27)28;1-9(2)4(7)8-3(5)6/h4-6,8-9,15,17-20,24H,3,7,10-14H2,1-2H3,(H,27,28);1-2H3,(H5,5,6,7,8)/t15-,17-,18-,19-,20-;/m0./s1. The van der Waals surface area contributed by atoms with Crippen LogP contribution in [-0.2, 0) is 25.5 Å². The Balaban J connectivity index is 0.000000510. The van der Waals surface area contributed by atoms with Gasteiger partial charge in [0.25, 0.3) is 0 Å². The van der Waals surface area contributed by atoms with E-state index in [0.29, 0.717) is 19.3 Å². The minimum Gasteiger partial charge on any atom is -0.480 e. The molecule has 216 valence electrons. The molecule has 39 heavy (non-hydrogen) atoms. The zero-order valence-corrected chi connectivity index (χ0v) is 23.3. The zero-order chi connectivity index (χ0) is 29.1. The summed E-state index contributed by atoms with van der Waals surface area (Å²) >= 11 is 0. The molecule has 12 heteroatoms. The highest BCUT2D eigenvalue weighted by Crippen LogP contribution is 2.41. The largest absolute Gasteiger partial charge is 0.480 e. The van der Waals surface area contributed by atoms with Crippen molar-refractivity contribution in [2.45, 2.75) is 76.5 Å². The lowest BCUT2D eigenvalue weighted by Crippen LogP contribution is -2.55. The number of nitrogens with two attached hydrogens (primary N) is 2. The molecule has 1 amide bonds. The number of nitrogens with one attached hydrogen (secondary N) is 2. The van der Waals surface area contributed by atoms with Crippen LogP contribution in [0.15, 0.2) is 35.3 Å². The Morgan fingerprint density at radius 1 is 1.23 bits per heavy atom. The Labute approximate surface area is 230 Å². The third-order valence-electron chi connectivity index (χ3n) is 6.99. The van der Waals surface area contributed by atoms with Crippen molar-refractivity contribution in [1.82, 2.24) is 15.1 Å². The number of aryl methyl sites for hydroxylation is 1. The predicted octanol–water partition coefficient (Wildman–Crippen LogP) is 1.14. The maximum Gasteiger partial charge on any atom is 0.326 e. The number of carboxylic acids is 1.